The smallest absolute Gasteiger partial charge is 0.264 e. The zero-order valence-corrected chi connectivity index (χ0v) is 18.8. The second kappa shape index (κ2) is 9.01. The van der Waals surface area contributed by atoms with Crippen LogP contribution in [0.5, 0.6) is 0 Å². The standard InChI is InChI=1S/C22H24N4O5S/c1-15-13-24-19(14-23-15)17-6-4-16(5-7-17)18-8-10-26(20(27)12-18)11-9-22(2,21(28)25-29)32(3,30)31/h4-8,10,12-14,29H,9,11H2,1-3H3,(H,25,28)/t22-/m1/s1. The lowest BCUT2D eigenvalue weighted by Gasteiger charge is -2.25. The number of carbonyl (C=O) groups is 1. The van der Waals surface area contributed by atoms with Crippen LogP contribution in [0.15, 0.2) is 59.8 Å². The lowest BCUT2D eigenvalue weighted by Crippen LogP contribution is -2.49. The van der Waals surface area contributed by atoms with Gasteiger partial charge in [-0.3, -0.25) is 24.8 Å². The van der Waals surface area contributed by atoms with Crippen LogP contribution >= 0.6 is 0 Å². The first kappa shape index (κ1) is 23.3. The molecule has 1 amide bonds. The van der Waals surface area contributed by atoms with E-state index in [9.17, 15) is 18.0 Å². The van der Waals surface area contributed by atoms with Gasteiger partial charge >= 0.3 is 0 Å². The van der Waals surface area contributed by atoms with E-state index in [2.05, 4.69) is 9.97 Å². The van der Waals surface area contributed by atoms with Crippen LogP contribution in [0.1, 0.15) is 19.0 Å². The molecule has 0 bridgehead atoms. The summed E-state index contributed by atoms with van der Waals surface area (Å²) < 4.78 is 23.6. The number of hydrogen-bond acceptors (Lipinski definition) is 7. The molecule has 2 aromatic heterocycles. The molecule has 1 atom stereocenters. The van der Waals surface area contributed by atoms with Crippen molar-refractivity contribution in [2.24, 2.45) is 0 Å². The van der Waals surface area contributed by atoms with E-state index in [1.807, 2.05) is 31.2 Å². The first-order valence-electron chi connectivity index (χ1n) is 9.79. The molecule has 0 saturated carbocycles. The molecule has 0 spiro atoms. The van der Waals surface area contributed by atoms with Crippen LogP contribution in [0.25, 0.3) is 22.4 Å². The maximum absolute atomic E-state index is 12.6. The van der Waals surface area contributed by atoms with Crippen LogP contribution in [-0.2, 0) is 21.2 Å². The molecule has 10 heteroatoms. The van der Waals surface area contributed by atoms with Crippen molar-refractivity contribution in [3.8, 4) is 22.4 Å². The molecule has 32 heavy (non-hydrogen) atoms. The SMILES string of the molecule is Cc1cnc(-c2ccc(-c3ccn(CC[C@](C)(C(=O)NO)S(C)(=O)=O)c(=O)c3)cc2)cn1. The van der Waals surface area contributed by atoms with E-state index >= 15 is 0 Å². The van der Waals surface area contributed by atoms with Crippen LogP contribution < -0.4 is 11.0 Å². The highest BCUT2D eigenvalue weighted by molar-refractivity contribution is 7.92. The van der Waals surface area contributed by atoms with Gasteiger partial charge in [-0.1, -0.05) is 24.3 Å². The Morgan fingerprint density at radius 2 is 1.75 bits per heavy atom. The molecule has 2 heterocycles. The summed E-state index contributed by atoms with van der Waals surface area (Å²) in [5.74, 6) is -1.04. The van der Waals surface area contributed by atoms with Gasteiger partial charge in [0.1, 0.15) is 0 Å². The predicted octanol–water partition coefficient (Wildman–Crippen LogP) is 1.98. The molecular weight excluding hydrogens is 432 g/mol. The van der Waals surface area contributed by atoms with Crippen molar-refractivity contribution in [1.29, 1.82) is 0 Å². The number of aryl methyl sites for hydroxylation is 2. The number of amides is 1. The average molecular weight is 457 g/mol. The van der Waals surface area contributed by atoms with Crippen molar-refractivity contribution in [3.63, 3.8) is 0 Å². The lowest BCUT2D eigenvalue weighted by molar-refractivity contribution is -0.131. The summed E-state index contributed by atoms with van der Waals surface area (Å²) in [7, 11) is -3.84. The Kier molecular flexibility index (Phi) is 6.56. The minimum absolute atomic E-state index is 0.0128. The fourth-order valence-electron chi connectivity index (χ4n) is 3.17. The average Bonchev–Trinajstić information content (AvgIpc) is 2.77. The summed E-state index contributed by atoms with van der Waals surface area (Å²) in [4.78, 5) is 33.1. The number of hydroxylamine groups is 1. The van der Waals surface area contributed by atoms with E-state index in [-0.39, 0.29) is 18.5 Å². The van der Waals surface area contributed by atoms with E-state index in [0.717, 1.165) is 28.8 Å². The zero-order chi connectivity index (χ0) is 23.5. The van der Waals surface area contributed by atoms with E-state index < -0.39 is 20.5 Å². The summed E-state index contributed by atoms with van der Waals surface area (Å²) >= 11 is 0. The summed E-state index contributed by atoms with van der Waals surface area (Å²) in [5, 5.41) is 8.91. The van der Waals surface area contributed by atoms with Crippen LogP contribution in [0, 0.1) is 6.92 Å². The second-order valence-electron chi connectivity index (χ2n) is 7.76. The van der Waals surface area contributed by atoms with E-state index in [0.29, 0.717) is 5.56 Å². The van der Waals surface area contributed by atoms with Gasteiger partial charge in [-0.2, -0.15) is 0 Å². The van der Waals surface area contributed by atoms with E-state index in [4.69, 9.17) is 5.21 Å². The Hall–Kier alpha value is -3.37. The summed E-state index contributed by atoms with van der Waals surface area (Å²) in [6.07, 6.45) is 5.69. The fourth-order valence-corrected chi connectivity index (χ4v) is 4.01. The van der Waals surface area contributed by atoms with Gasteiger partial charge in [-0.25, -0.2) is 13.9 Å². The molecular formula is C22H24N4O5S. The topological polar surface area (TPSA) is 131 Å². The highest BCUT2D eigenvalue weighted by Crippen LogP contribution is 2.24. The Morgan fingerprint density at radius 3 is 2.28 bits per heavy atom. The van der Waals surface area contributed by atoms with Crippen molar-refractivity contribution in [3.05, 3.63) is 71.0 Å². The van der Waals surface area contributed by atoms with Gasteiger partial charge < -0.3 is 4.57 Å². The minimum Gasteiger partial charge on any atom is -0.315 e. The first-order valence-corrected chi connectivity index (χ1v) is 11.7. The second-order valence-corrected chi connectivity index (χ2v) is 10.2. The molecule has 3 rings (SSSR count). The Morgan fingerprint density at radius 1 is 1.09 bits per heavy atom. The number of rotatable bonds is 7. The van der Waals surface area contributed by atoms with Crippen LogP contribution in [0.4, 0.5) is 0 Å². The van der Waals surface area contributed by atoms with E-state index in [1.54, 1.807) is 24.7 Å². The van der Waals surface area contributed by atoms with E-state index in [1.165, 1.54) is 23.0 Å². The van der Waals surface area contributed by atoms with Gasteiger partial charge in [-0.05, 0) is 37.5 Å². The molecule has 0 aliphatic carbocycles. The number of hydrogen-bond donors (Lipinski definition) is 2. The maximum Gasteiger partial charge on any atom is 0.264 e. The van der Waals surface area contributed by atoms with Crippen LogP contribution in [0.3, 0.4) is 0 Å². The molecule has 0 unspecified atom stereocenters. The molecule has 9 nitrogen and oxygen atoms in total. The molecule has 3 aromatic rings. The minimum atomic E-state index is -3.84. The van der Waals surface area contributed by atoms with Gasteiger partial charge in [0.05, 0.1) is 17.6 Å². The third-order valence-corrected chi connectivity index (χ3v) is 7.55. The fraction of sp³-hybridized carbons (Fsp3) is 0.273. The van der Waals surface area contributed by atoms with Gasteiger partial charge in [0, 0.05) is 36.8 Å². The normalized spacial score (nSPS) is 13.4. The quantitative estimate of drug-likeness (QED) is 0.410. The molecule has 1 aromatic carbocycles. The molecule has 2 N–H and O–H groups in total. The number of aromatic nitrogens is 3. The first-order chi connectivity index (χ1) is 15.0. The molecule has 168 valence electrons. The number of pyridine rings is 1. The largest absolute Gasteiger partial charge is 0.315 e. The number of benzene rings is 1. The lowest BCUT2D eigenvalue weighted by atomic mass is 10.0. The molecule has 0 aliphatic heterocycles. The summed E-state index contributed by atoms with van der Waals surface area (Å²) in [6.45, 7) is 3.07. The van der Waals surface area contributed by atoms with Crippen molar-refractivity contribution >= 4 is 15.7 Å². The highest BCUT2D eigenvalue weighted by Gasteiger charge is 2.43. The third-order valence-electron chi connectivity index (χ3n) is 5.52. The van der Waals surface area contributed by atoms with Gasteiger partial charge in [0.15, 0.2) is 14.6 Å². The summed E-state index contributed by atoms with van der Waals surface area (Å²) in [6, 6.07) is 10.7. The van der Waals surface area contributed by atoms with Crippen LogP contribution in [-0.4, -0.2) is 45.1 Å². The Balaban J connectivity index is 1.80. The van der Waals surface area contributed by atoms with Crippen molar-refractivity contribution in [1.82, 2.24) is 20.0 Å². The van der Waals surface area contributed by atoms with Crippen molar-refractivity contribution in [2.45, 2.75) is 31.6 Å². The number of sulfone groups is 1. The predicted molar refractivity (Wildman–Crippen MR) is 120 cm³/mol. The maximum atomic E-state index is 12.6. The molecule has 0 radical (unpaired) electrons. The third kappa shape index (κ3) is 4.76. The van der Waals surface area contributed by atoms with Gasteiger partial charge in [0.2, 0.25) is 0 Å². The van der Waals surface area contributed by atoms with Crippen molar-refractivity contribution in [2.75, 3.05) is 6.26 Å². The van der Waals surface area contributed by atoms with Gasteiger partial charge in [-0.15, -0.1) is 0 Å². The number of carbonyl (C=O) groups excluding carboxylic acids is 1. The van der Waals surface area contributed by atoms with Gasteiger partial charge in [0.25, 0.3) is 11.5 Å². The Labute approximate surface area is 185 Å². The van der Waals surface area contributed by atoms with Crippen molar-refractivity contribution < 1.29 is 18.4 Å². The molecule has 0 saturated heterocycles. The molecule has 0 fully saturated rings. The molecule has 0 aliphatic rings. The Bertz CT molecular complexity index is 1290. The zero-order valence-electron chi connectivity index (χ0n) is 17.9. The number of nitrogens with zero attached hydrogens (tertiary/aromatic N) is 3. The highest BCUT2D eigenvalue weighted by atomic mass is 32.2. The monoisotopic (exact) mass is 456 g/mol. The van der Waals surface area contributed by atoms with Crippen LogP contribution in [0.2, 0.25) is 0 Å². The summed E-state index contributed by atoms with van der Waals surface area (Å²) in [5.41, 5.74) is 5.08. The number of nitrogens with one attached hydrogen (secondary N) is 1.